The Bertz CT molecular complexity index is 10100. The SMILES string of the molecule is c1cc(-c2ccc3c(c2)c2ccccc2n3-c2cccc3c2oc2ccccc23)cc(-n2c3ccccc3c3ccccc32)c1.c1ccc2c(c1)oc1c(-n3c4ccccc4c4cc(-n5c6ccccc6c6ccccc65)ccc43)cccc12.c1ccc2c(c1)oc1c(-n3c4ccccc4c4ccccc43)cccc12.c1ccc2c(c1)oc1cc(-n3c4ccccc4c4ccccc43)ccc12. The molecule has 10 aromatic heterocycles. The van der Waals surface area contributed by atoms with Crippen molar-refractivity contribution in [3.8, 4) is 45.3 Å². The van der Waals surface area contributed by atoms with E-state index in [-0.39, 0.29) is 0 Å². The van der Waals surface area contributed by atoms with Gasteiger partial charge in [-0.05, 0) is 169 Å². The van der Waals surface area contributed by atoms with E-state index in [1.807, 2.05) is 48.5 Å². The van der Waals surface area contributed by atoms with E-state index in [1.165, 1.54) is 125 Å². The van der Waals surface area contributed by atoms with E-state index in [4.69, 9.17) is 17.7 Å². The van der Waals surface area contributed by atoms with Gasteiger partial charge in [0.15, 0.2) is 16.7 Å². The van der Waals surface area contributed by atoms with Crippen LogP contribution in [0.15, 0.2) is 491 Å². The Balaban J connectivity index is 0.0000000923. The van der Waals surface area contributed by atoms with Gasteiger partial charge in [-0.1, -0.05) is 309 Å². The molecule has 636 valence electrons. The normalized spacial score (nSPS) is 12.0. The van der Waals surface area contributed by atoms with Gasteiger partial charge in [0.25, 0.3) is 0 Å². The standard InChI is InChI=1S/C42H26N2O.C36H22N2O.2C24H15NO/c1-5-18-36-30(13-1)31-14-2-6-19-37(31)43(36)29-12-9-11-27(25-29)28-23-24-39-35(26-28)32-15-3-7-20-38(32)44(39)40-21-10-17-34-33-16-4-8-22-41(33)45-42(34)40;1-5-15-30-24(10-1)25-11-2-6-16-31(25)37(30)23-20-21-33-29(22-23)26-12-3-7-17-32(26)38(33)34-18-9-14-28-27-13-4-8-19-35(27)39-36(28)34;1-4-12-20-16(8-1)17-9-2-5-13-21(17)25(20)22-14-7-11-19-18-10-3-6-15-23(18)26-24(19)22;1-4-10-21-17(7-1)18-8-2-5-11-22(18)25(21)16-13-14-20-19-9-3-6-12-23(19)26-24(20)15-16/h1-26H;1-22H;2*1-15H. The van der Waals surface area contributed by atoms with Crippen LogP contribution in [-0.4, -0.2) is 27.4 Å². The minimum Gasteiger partial charge on any atom is -0.456 e. The fourth-order valence-electron chi connectivity index (χ4n) is 22.0. The molecule has 0 radical (unpaired) electrons. The van der Waals surface area contributed by atoms with Crippen LogP contribution in [0.1, 0.15) is 0 Å². The highest BCUT2D eigenvalue weighted by Crippen LogP contribution is 2.46. The summed E-state index contributed by atoms with van der Waals surface area (Å²) in [4.78, 5) is 0. The van der Waals surface area contributed by atoms with Crippen molar-refractivity contribution in [2.45, 2.75) is 0 Å². The first-order valence-corrected chi connectivity index (χ1v) is 46.3. The molecule has 0 spiro atoms. The Kier molecular flexibility index (Phi) is 17.2. The fourth-order valence-corrected chi connectivity index (χ4v) is 22.0. The highest BCUT2D eigenvalue weighted by Gasteiger charge is 2.25. The Hall–Kier alpha value is -18.4. The van der Waals surface area contributed by atoms with Gasteiger partial charge in [0.1, 0.15) is 27.9 Å². The van der Waals surface area contributed by atoms with E-state index >= 15 is 0 Å². The lowest BCUT2D eigenvalue weighted by molar-refractivity contribution is 0.666. The molecule has 10 nitrogen and oxygen atoms in total. The van der Waals surface area contributed by atoms with Crippen LogP contribution in [0.5, 0.6) is 0 Å². The third-order valence-corrected chi connectivity index (χ3v) is 27.8. The van der Waals surface area contributed by atoms with E-state index in [9.17, 15) is 0 Å². The lowest BCUT2D eigenvalue weighted by Gasteiger charge is -2.11. The number of fused-ring (bicyclic) bond motifs is 30. The fraction of sp³-hybridized carbons (Fsp3) is 0. The summed E-state index contributed by atoms with van der Waals surface area (Å²) >= 11 is 0. The highest BCUT2D eigenvalue weighted by atomic mass is 16.3. The minimum atomic E-state index is 0.907. The number of para-hydroxylation sites is 17. The number of hydrogen-bond donors (Lipinski definition) is 0. The summed E-state index contributed by atoms with van der Waals surface area (Å²) in [5.41, 5.74) is 30.7. The lowest BCUT2D eigenvalue weighted by Crippen LogP contribution is -1.96. The Labute approximate surface area is 776 Å². The summed E-state index contributed by atoms with van der Waals surface area (Å²) < 4.78 is 39.4. The molecule has 0 aliphatic heterocycles. The molecule has 21 aromatic carbocycles. The van der Waals surface area contributed by atoms with Crippen molar-refractivity contribution in [1.82, 2.24) is 27.4 Å². The smallest absolute Gasteiger partial charge is 0.159 e. The van der Waals surface area contributed by atoms with Crippen LogP contribution in [0.25, 0.3) is 264 Å². The molecule has 0 fully saturated rings. The first-order valence-electron chi connectivity index (χ1n) is 46.3. The molecule has 31 aromatic rings. The number of benzene rings is 21. The first kappa shape index (κ1) is 76.5. The van der Waals surface area contributed by atoms with Gasteiger partial charge in [0.2, 0.25) is 0 Å². The van der Waals surface area contributed by atoms with Crippen molar-refractivity contribution in [3.05, 3.63) is 473 Å². The van der Waals surface area contributed by atoms with Gasteiger partial charge in [0.05, 0.1) is 83.3 Å². The zero-order chi connectivity index (χ0) is 89.2. The van der Waals surface area contributed by atoms with Gasteiger partial charge in [-0.25, -0.2) is 0 Å². The summed E-state index contributed by atoms with van der Waals surface area (Å²) in [6, 6.07) is 168. The van der Waals surface area contributed by atoms with Gasteiger partial charge in [-0.15, -0.1) is 0 Å². The van der Waals surface area contributed by atoms with Crippen LogP contribution in [0.3, 0.4) is 0 Å². The van der Waals surface area contributed by atoms with Crippen molar-refractivity contribution < 1.29 is 17.7 Å². The summed E-state index contributed by atoms with van der Waals surface area (Å²) in [6.07, 6.45) is 0. The second-order valence-electron chi connectivity index (χ2n) is 35.2. The van der Waals surface area contributed by atoms with Crippen molar-refractivity contribution in [3.63, 3.8) is 0 Å². The zero-order valence-corrected chi connectivity index (χ0v) is 73.3. The van der Waals surface area contributed by atoms with E-state index in [0.717, 1.165) is 138 Å². The van der Waals surface area contributed by atoms with E-state index in [0.29, 0.717) is 0 Å². The predicted molar refractivity (Wildman–Crippen MR) is 566 cm³/mol. The molecule has 0 saturated carbocycles. The molecule has 10 heteroatoms. The van der Waals surface area contributed by atoms with Crippen molar-refractivity contribution in [2.75, 3.05) is 0 Å². The molecule has 0 aliphatic carbocycles. The molecule has 0 N–H and O–H groups in total. The summed E-state index contributed by atoms with van der Waals surface area (Å²) in [6.45, 7) is 0. The molecule has 0 unspecified atom stereocenters. The van der Waals surface area contributed by atoms with E-state index in [1.54, 1.807) is 0 Å². The van der Waals surface area contributed by atoms with Crippen LogP contribution in [0.4, 0.5) is 0 Å². The molecule has 136 heavy (non-hydrogen) atoms. The number of furan rings is 4. The monoisotopic (exact) mass is 1740 g/mol. The van der Waals surface area contributed by atoms with E-state index in [2.05, 4.69) is 452 Å². The van der Waals surface area contributed by atoms with E-state index < -0.39 is 0 Å². The largest absolute Gasteiger partial charge is 0.456 e. The van der Waals surface area contributed by atoms with Crippen LogP contribution in [0, 0.1) is 0 Å². The third kappa shape index (κ3) is 11.8. The van der Waals surface area contributed by atoms with Crippen molar-refractivity contribution in [1.29, 1.82) is 0 Å². The predicted octanol–water partition coefficient (Wildman–Crippen LogP) is 34.6. The quantitative estimate of drug-likeness (QED) is 0.159. The van der Waals surface area contributed by atoms with Gasteiger partial charge in [-0.2, -0.15) is 0 Å². The average molecular weight is 1740 g/mol. The second-order valence-corrected chi connectivity index (χ2v) is 35.2. The Morgan fingerprint density at radius 3 is 0.699 bits per heavy atom. The summed E-state index contributed by atoms with van der Waals surface area (Å²) in [5, 5.41) is 24.2. The molecule has 0 atom stereocenters. The maximum atomic E-state index is 6.48. The van der Waals surface area contributed by atoms with Crippen LogP contribution in [-0.2, 0) is 0 Å². The second kappa shape index (κ2) is 30.6. The molecule has 10 heterocycles. The van der Waals surface area contributed by atoms with Crippen LogP contribution >= 0.6 is 0 Å². The molecular weight excluding hydrogens is 1660 g/mol. The lowest BCUT2D eigenvalue weighted by atomic mass is 10.0. The maximum Gasteiger partial charge on any atom is 0.159 e. The third-order valence-electron chi connectivity index (χ3n) is 27.8. The average Bonchev–Trinajstić information content (AvgIpc) is 1.62. The van der Waals surface area contributed by atoms with Gasteiger partial charge in [0, 0.05) is 131 Å². The van der Waals surface area contributed by atoms with Gasteiger partial charge in [-0.3, -0.25) is 0 Å². The highest BCUT2D eigenvalue weighted by molar-refractivity contribution is 6.19. The molecule has 0 aliphatic rings. The number of nitrogens with zero attached hydrogens (tertiary/aromatic N) is 6. The molecule has 0 amide bonds. The number of hydrogen-bond acceptors (Lipinski definition) is 4. The topological polar surface area (TPSA) is 82.1 Å². The number of rotatable bonds is 7. The zero-order valence-electron chi connectivity index (χ0n) is 73.3. The van der Waals surface area contributed by atoms with Gasteiger partial charge >= 0.3 is 0 Å². The van der Waals surface area contributed by atoms with Crippen LogP contribution < -0.4 is 0 Å². The molecular formula is C126H78N6O4. The Morgan fingerprint density at radius 1 is 0.118 bits per heavy atom. The molecule has 0 saturated heterocycles. The first-order chi connectivity index (χ1) is 67.5. The number of aromatic nitrogens is 6. The minimum absolute atomic E-state index is 0.907. The van der Waals surface area contributed by atoms with Crippen molar-refractivity contribution >= 4 is 219 Å². The molecule has 0 bridgehead atoms. The summed E-state index contributed by atoms with van der Waals surface area (Å²) in [7, 11) is 0. The molecule has 31 rings (SSSR count). The summed E-state index contributed by atoms with van der Waals surface area (Å²) in [5.74, 6) is 0. The van der Waals surface area contributed by atoms with Gasteiger partial charge < -0.3 is 45.1 Å². The maximum absolute atomic E-state index is 6.48. The Morgan fingerprint density at radius 2 is 0.346 bits per heavy atom. The van der Waals surface area contributed by atoms with Crippen molar-refractivity contribution in [2.24, 2.45) is 0 Å². The van der Waals surface area contributed by atoms with Crippen LogP contribution in [0.2, 0.25) is 0 Å².